The molecule has 0 bridgehead atoms. The van der Waals surface area contributed by atoms with E-state index in [-0.39, 0.29) is 6.03 Å². The van der Waals surface area contributed by atoms with Gasteiger partial charge in [0.15, 0.2) is 11.5 Å². The summed E-state index contributed by atoms with van der Waals surface area (Å²) in [5.74, 6) is 1.35. The number of nitrogens with one attached hydrogen (secondary N) is 2. The Hall–Kier alpha value is -2.69. The first-order valence-corrected chi connectivity index (χ1v) is 7.16. The van der Waals surface area contributed by atoms with Crippen molar-refractivity contribution in [1.82, 2.24) is 0 Å². The third-order valence-corrected chi connectivity index (χ3v) is 3.28. The second kappa shape index (κ2) is 5.97. The summed E-state index contributed by atoms with van der Waals surface area (Å²) in [4.78, 5) is 12.1. The molecular formula is C17H18N2O3. The first-order valence-electron chi connectivity index (χ1n) is 7.16. The van der Waals surface area contributed by atoms with Crippen LogP contribution >= 0.6 is 0 Å². The van der Waals surface area contributed by atoms with E-state index in [4.69, 9.17) is 9.47 Å². The van der Waals surface area contributed by atoms with Crippen LogP contribution in [-0.2, 0) is 0 Å². The molecule has 0 aliphatic carbocycles. The highest BCUT2D eigenvalue weighted by Gasteiger charge is 2.12. The Morgan fingerprint density at radius 2 is 1.50 bits per heavy atom. The van der Waals surface area contributed by atoms with E-state index in [2.05, 4.69) is 16.7 Å². The van der Waals surface area contributed by atoms with Gasteiger partial charge >= 0.3 is 6.03 Å². The summed E-state index contributed by atoms with van der Waals surface area (Å²) in [6, 6.07) is 11.0. The van der Waals surface area contributed by atoms with Gasteiger partial charge in [-0.05, 0) is 49.2 Å². The standard InChI is InChI=1S/C17H18N2O3/c1-11-7-12(2)9-14(8-11)19-17(20)18-13-3-4-15-16(10-13)22-6-5-21-15/h3-4,7-10H,5-6H2,1-2H3,(H2,18,19,20). The van der Waals surface area contributed by atoms with Crippen LogP contribution in [0, 0.1) is 13.8 Å². The van der Waals surface area contributed by atoms with Crippen molar-refractivity contribution in [3.8, 4) is 11.5 Å². The average molecular weight is 298 g/mol. The van der Waals surface area contributed by atoms with Crippen LogP contribution in [-0.4, -0.2) is 19.2 Å². The highest BCUT2D eigenvalue weighted by atomic mass is 16.6. The van der Waals surface area contributed by atoms with Gasteiger partial charge in [0.25, 0.3) is 0 Å². The monoisotopic (exact) mass is 298 g/mol. The van der Waals surface area contributed by atoms with Crippen molar-refractivity contribution in [3.05, 3.63) is 47.5 Å². The van der Waals surface area contributed by atoms with E-state index >= 15 is 0 Å². The Bertz CT molecular complexity index is 693. The predicted octanol–water partition coefficient (Wildman–Crippen LogP) is 3.72. The van der Waals surface area contributed by atoms with E-state index in [1.54, 1.807) is 18.2 Å². The van der Waals surface area contributed by atoms with E-state index in [1.807, 2.05) is 26.0 Å². The number of fused-ring (bicyclic) bond motifs is 1. The zero-order valence-corrected chi connectivity index (χ0v) is 12.6. The molecule has 2 aromatic carbocycles. The highest BCUT2D eigenvalue weighted by Crippen LogP contribution is 2.32. The van der Waals surface area contributed by atoms with Gasteiger partial charge in [-0.3, -0.25) is 0 Å². The molecule has 1 aliphatic heterocycles. The van der Waals surface area contributed by atoms with Crippen LogP contribution in [0.2, 0.25) is 0 Å². The summed E-state index contributed by atoms with van der Waals surface area (Å²) in [5.41, 5.74) is 3.64. The van der Waals surface area contributed by atoms with Gasteiger partial charge in [-0.15, -0.1) is 0 Å². The molecule has 114 valence electrons. The maximum atomic E-state index is 12.1. The molecule has 0 unspecified atom stereocenters. The van der Waals surface area contributed by atoms with Crippen LogP contribution < -0.4 is 20.1 Å². The van der Waals surface area contributed by atoms with E-state index in [9.17, 15) is 4.79 Å². The molecule has 0 aromatic heterocycles. The van der Waals surface area contributed by atoms with Crippen LogP contribution in [0.4, 0.5) is 16.2 Å². The Morgan fingerprint density at radius 3 is 2.23 bits per heavy atom. The summed E-state index contributed by atoms with van der Waals surface area (Å²) in [6.07, 6.45) is 0. The zero-order valence-electron chi connectivity index (χ0n) is 12.6. The molecule has 2 N–H and O–H groups in total. The number of anilines is 2. The van der Waals surface area contributed by atoms with Crippen molar-refractivity contribution in [2.45, 2.75) is 13.8 Å². The van der Waals surface area contributed by atoms with Gasteiger partial charge < -0.3 is 20.1 Å². The fourth-order valence-corrected chi connectivity index (χ4v) is 2.46. The molecule has 5 nitrogen and oxygen atoms in total. The van der Waals surface area contributed by atoms with Gasteiger partial charge in [-0.1, -0.05) is 6.07 Å². The molecule has 2 amide bonds. The summed E-state index contributed by atoms with van der Waals surface area (Å²) < 4.78 is 11.0. The fourth-order valence-electron chi connectivity index (χ4n) is 2.46. The Kier molecular flexibility index (Phi) is 3.87. The molecule has 0 spiro atoms. The van der Waals surface area contributed by atoms with E-state index < -0.39 is 0 Å². The van der Waals surface area contributed by atoms with Gasteiger partial charge in [-0.2, -0.15) is 0 Å². The number of rotatable bonds is 2. The van der Waals surface area contributed by atoms with Crippen molar-refractivity contribution in [2.24, 2.45) is 0 Å². The topological polar surface area (TPSA) is 59.6 Å². The molecule has 3 rings (SSSR count). The molecule has 1 heterocycles. The fraction of sp³-hybridized carbons (Fsp3) is 0.235. The van der Waals surface area contributed by atoms with Gasteiger partial charge in [0.05, 0.1) is 0 Å². The maximum Gasteiger partial charge on any atom is 0.323 e. The maximum absolute atomic E-state index is 12.1. The Balaban J connectivity index is 1.69. The molecule has 0 radical (unpaired) electrons. The van der Waals surface area contributed by atoms with E-state index in [1.165, 1.54) is 0 Å². The van der Waals surface area contributed by atoms with Crippen molar-refractivity contribution in [2.75, 3.05) is 23.8 Å². The molecule has 0 fully saturated rings. The molecule has 5 heteroatoms. The third kappa shape index (κ3) is 3.31. The minimum atomic E-state index is -0.290. The SMILES string of the molecule is Cc1cc(C)cc(NC(=O)Nc2ccc3c(c2)OCCO3)c1. The lowest BCUT2D eigenvalue weighted by Gasteiger charge is -2.19. The molecule has 0 saturated carbocycles. The molecular weight excluding hydrogens is 280 g/mol. The van der Waals surface area contributed by atoms with E-state index in [0.717, 1.165) is 16.8 Å². The summed E-state index contributed by atoms with van der Waals surface area (Å²) >= 11 is 0. The molecule has 2 aromatic rings. The van der Waals surface area contributed by atoms with Crippen molar-refractivity contribution in [3.63, 3.8) is 0 Å². The number of hydrogen-bond acceptors (Lipinski definition) is 3. The van der Waals surface area contributed by atoms with Crippen molar-refractivity contribution in [1.29, 1.82) is 0 Å². The lowest BCUT2D eigenvalue weighted by molar-refractivity contribution is 0.171. The first-order chi connectivity index (χ1) is 10.6. The van der Waals surface area contributed by atoms with Crippen LogP contribution in [0.5, 0.6) is 11.5 Å². The molecule has 0 atom stereocenters. The molecule has 1 aliphatic rings. The Morgan fingerprint density at radius 1 is 0.864 bits per heavy atom. The number of carbonyl (C=O) groups excluding carboxylic acids is 1. The number of benzene rings is 2. The van der Waals surface area contributed by atoms with Crippen LogP contribution in [0.25, 0.3) is 0 Å². The number of carbonyl (C=O) groups is 1. The predicted molar refractivity (Wildman–Crippen MR) is 86.0 cm³/mol. The molecule has 0 saturated heterocycles. The second-order valence-electron chi connectivity index (χ2n) is 5.31. The largest absolute Gasteiger partial charge is 0.486 e. The van der Waals surface area contributed by atoms with Crippen molar-refractivity contribution < 1.29 is 14.3 Å². The average Bonchev–Trinajstić information content (AvgIpc) is 2.45. The third-order valence-electron chi connectivity index (χ3n) is 3.28. The Labute approximate surface area is 129 Å². The summed E-state index contributed by atoms with van der Waals surface area (Å²) in [5, 5.41) is 5.62. The van der Waals surface area contributed by atoms with Gasteiger partial charge in [-0.25, -0.2) is 4.79 Å². The zero-order chi connectivity index (χ0) is 15.5. The van der Waals surface area contributed by atoms with Crippen LogP contribution in [0.15, 0.2) is 36.4 Å². The van der Waals surface area contributed by atoms with Gasteiger partial charge in [0.1, 0.15) is 13.2 Å². The second-order valence-corrected chi connectivity index (χ2v) is 5.31. The lowest BCUT2D eigenvalue weighted by atomic mass is 10.1. The molecule has 22 heavy (non-hydrogen) atoms. The van der Waals surface area contributed by atoms with Gasteiger partial charge in [0, 0.05) is 17.4 Å². The number of ether oxygens (including phenoxy) is 2. The van der Waals surface area contributed by atoms with Crippen LogP contribution in [0.3, 0.4) is 0 Å². The van der Waals surface area contributed by atoms with Crippen molar-refractivity contribution >= 4 is 17.4 Å². The number of urea groups is 1. The first kappa shape index (κ1) is 14.3. The highest BCUT2D eigenvalue weighted by molar-refractivity contribution is 6.00. The summed E-state index contributed by atoms with van der Waals surface area (Å²) in [6.45, 7) is 5.06. The number of hydrogen-bond donors (Lipinski definition) is 2. The lowest BCUT2D eigenvalue weighted by Crippen LogP contribution is -2.20. The minimum Gasteiger partial charge on any atom is -0.486 e. The normalized spacial score (nSPS) is 12.6. The smallest absolute Gasteiger partial charge is 0.323 e. The quantitative estimate of drug-likeness (QED) is 0.888. The minimum absolute atomic E-state index is 0.290. The summed E-state index contributed by atoms with van der Waals surface area (Å²) in [7, 11) is 0. The number of amides is 2. The van der Waals surface area contributed by atoms with Crippen LogP contribution in [0.1, 0.15) is 11.1 Å². The van der Waals surface area contributed by atoms with E-state index in [0.29, 0.717) is 30.4 Å². The number of aryl methyl sites for hydroxylation is 2. The van der Waals surface area contributed by atoms with Gasteiger partial charge in [0.2, 0.25) is 0 Å².